The van der Waals surface area contributed by atoms with Gasteiger partial charge in [-0.15, -0.1) is 0 Å². The smallest absolute Gasteiger partial charge is 0.329 e. The molecule has 1 unspecified atom stereocenters. The SMILES string of the molecule is CCCC1(C(=O)O)CCCN1C(=O)c1ccc(N)c(C)c1. The van der Waals surface area contributed by atoms with Crippen LogP contribution in [-0.4, -0.2) is 34.0 Å². The molecule has 0 bridgehead atoms. The maximum Gasteiger partial charge on any atom is 0.329 e. The van der Waals surface area contributed by atoms with Gasteiger partial charge in [-0.25, -0.2) is 4.79 Å². The Balaban J connectivity index is 2.36. The minimum absolute atomic E-state index is 0.216. The van der Waals surface area contributed by atoms with Gasteiger partial charge in [0.05, 0.1) is 0 Å². The number of benzene rings is 1. The van der Waals surface area contributed by atoms with Gasteiger partial charge in [0.25, 0.3) is 5.91 Å². The molecule has 3 N–H and O–H groups in total. The number of rotatable bonds is 4. The Morgan fingerprint density at radius 1 is 1.43 bits per heavy atom. The van der Waals surface area contributed by atoms with Crippen molar-refractivity contribution in [2.24, 2.45) is 0 Å². The zero-order valence-electron chi connectivity index (χ0n) is 12.6. The van der Waals surface area contributed by atoms with E-state index in [1.165, 1.54) is 4.90 Å². The normalized spacial score (nSPS) is 21.5. The first-order valence-corrected chi connectivity index (χ1v) is 7.34. The van der Waals surface area contributed by atoms with Crippen LogP contribution in [0.2, 0.25) is 0 Å². The Morgan fingerprint density at radius 2 is 2.14 bits per heavy atom. The fourth-order valence-electron chi connectivity index (χ4n) is 3.14. The lowest BCUT2D eigenvalue weighted by Crippen LogP contribution is -2.53. The van der Waals surface area contributed by atoms with Crippen LogP contribution in [-0.2, 0) is 4.79 Å². The lowest BCUT2D eigenvalue weighted by atomic mass is 9.90. The van der Waals surface area contributed by atoms with Crippen molar-refractivity contribution in [1.82, 2.24) is 4.90 Å². The standard InChI is InChI=1S/C16H22N2O3/c1-3-7-16(15(20)21)8-4-9-18(16)14(19)12-5-6-13(17)11(2)10-12/h5-6,10H,3-4,7-9,17H2,1-2H3,(H,20,21). The van der Waals surface area contributed by atoms with Gasteiger partial charge in [0.1, 0.15) is 5.54 Å². The summed E-state index contributed by atoms with van der Waals surface area (Å²) in [4.78, 5) is 26.0. The number of nitrogens with two attached hydrogens (primary N) is 1. The Hall–Kier alpha value is -2.04. The van der Waals surface area contributed by atoms with Gasteiger partial charge in [0, 0.05) is 17.8 Å². The fraction of sp³-hybridized carbons (Fsp3) is 0.500. The summed E-state index contributed by atoms with van der Waals surface area (Å²) in [6.45, 7) is 4.28. The summed E-state index contributed by atoms with van der Waals surface area (Å²) < 4.78 is 0. The molecule has 2 rings (SSSR count). The Labute approximate surface area is 124 Å². The summed E-state index contributed by atoms with van der Waals surface area (Å²) in [5.74, 6) is -1.12. The van der Waals surface area contributed by atoms with E-state index in [2.05, 4.69) is 0 Å². The first-order chi connectivity index (χ1) is 9.92. The quantitative estimate of drug-likeness (QED) is 0.834. The van der Waals surface area contributed by atoms with Gasteiger partial charge in [-0.3, -0.25) is 4.79 Å². The second kappa shape index (κ2) is 5.76. The van der Waals surface area contributed by atoms with Gasteiger partial charge in [-0.1, -0.05) is 13.3 Å². The average Bonchev–Trinajstić information content (AvgIpc) is 2.86. The summed E-state index contributed by atoms with van der Waals surface area (Å²) in [5, 5.41) is 9.65. The van der Waals surface area contributed by atoms with E-state index in [0.29, 0.717) is 30.6 Å². The number of amides is 1. The number of nitrogens with zero attached hydrogens (tertiary/aromatic N) is 1. The number of carboxylic acid groups (broad SMARTS) is 1. The highest BCUT2D eigenvalue weighted by atomic mass is 16.4. The number of likely N-dealkylation sites (tertiary alicyclic amines) is 1. The van der Waals surface area contributed by atoms with Crippen molar-refractivity contribution in [3.63, 3.8) is 0 Å². The molecule has 1 heterocycles. The zero-order chi connectivity index (χ0) is 15.6. The number of aliphatic carboxylic acids is 1. The third kappa shape index (κ3) is 2.60. The Morgan fingerprint density at radius 3 is 2.71 bits per heavy atom. The van der Waals surface area contributed by atoms with Crippen LogP contribution in [0.25, 0.3) is 0 Å². The van der Waals surface area contributed by atoms with E-state index in [1.54, 1.807) is 18.2 Å². The van der Waals surface area contributed by atoms with Crippen molar-refractivity contribution in [2.75, 3.05) is 12.3 Å². The predicted molar refractivity (Wildman–Crippen MR) is 81.1 cm³/mol. The first-order valence-electron chi connectivity index (χ1n) is 7.34. The number of aryl methyl sites for hydroxylation is 1. The topological polar surface area (TPSA) is 83.6 Å². The lowest BCUT2D eigenvalue weighted by molar-refractivity contribution is -0.148. The van der Waals surface area contributed by atoms with Gasteiger partial charge in [-0.2, -0.15) is 0 Å². The third-order valence-electron chi connectivity index (χ3n) is 4.31. The summed E-state index contributed by atoms with van der Waals surface area (Å²) in [5.41, 5.74) is 6.68. The van der Waals surface area contributed by atoms with Crippen molar-refractivity contribution < 1.29 is 14.7 Å². The average molecular weight is 290 g/mol. The van der Waals surface area contributed by atoms with Crippen LogP contribution in [0.5, 0.6) is 0 Å². The molecule has 5 heteroatoms. The highest BCUT2D eigenvalue weighted by molar-refractivity contribution is 5.98. The van der Waals surface area contributed by atoms with Crippen molar-refractivity contribution in [3.05, 3.63) is 29.3 Å². The molecule has 114 valence electrons. The van der Waals surface area contributed by atoms with E-state index < -0.39 is 11.5 Å². The number of carboxylic acids is 1. The van der Waals surface area contributed by atoms with Gasteiger partial charge < -0.3 is 15.7 Å². The van der Waals surface area contributed by atoms with E-state index >= 15 is 0 Å². The van der Waals surface area contributed by atoms with Gasteiger partial charge >= 0.3 is 5.97 Å². The third-order valence-corrected chi connectivity index (χ3v) is 4.31. The Kier molecular flexibility index (Phi) is 4.21. The summed E-state index contributed by atoms with van der Waals surface area (Å²) in [6, 6.07) is 5.09. The molecule has 1 fully saturated rings. The highest BCUT2D eigenvalue weighted by Crippen LogP contribution is 2.35. The second-order valence-electron chi connectivity index (χ2n) is 5.72. The fourth-order valence-corrected chi connectivity index (χ4v) is 3.14. The molecule has 0 spiro atoms. The molecular weight excluding hydrogens is 268 g/mol. The van der Waals surface area contributed by atoms with Gasteiger partial charge in [0.15, 0.2) is 0 Å². The number of anilines is 1. The zero-order valence-corrected chi connectivity index (χ0v) is 12.6. The van der Waals surface area contributed by atoms with Crippen LogP contribution in [0.15, 0.2) is 18.2 Å². The molecule has 0 saturated carbocycles. The molecule has 1 aromatic carbocycles. The van der Waals surface area contributed by atoms with Crippen molar-refractivity contribution >= 4 is 17.6 Å². The molecule has 1 aromatic rings. The van der Waals surface area contributed by atoms with E-state index in [0.717, 1.165) is 18.4 Å². The van der Waals surface area contributed by atoms with Gasteiger partial charge in [-0.05, 0) is 49.9 Å². The molecule has 21 heavy (non-hydrogen) atoms. The second-order valence-corrected chi connectivity index (χ2v) is 5.72. The monoisotopic (exact) mass is 290 g/mol. The van der Waals surface area contributed by atoms with E-state index in [1.807, 2.05) is 13.8 Å². The van der Waals surface area contributed by atoms with E-state index in [9.17, 15) is 14.7 Å². The molecular formula is C16H22N2O3. The maximum absolute atomic E-state index is 12.7. The number of carbonyl (C=O) groups is 2. The molecule has 1 saturated heterocycles. The van der Waals surface area contributed by atoms with Crippen LogP contribution in [0.1, 0.15) is 48.5 Å². The molecule has 0 aliphatic carbocycles. The molecule has 1 amide bonds. The van der Waals surface area contributed by atoms with E-state index in [4.69, 9.17) is 5.73 Å². The maximum atomic E-state index is 12.7. The molecule has 0 radical (unpaired) electrons. The highest BCUT2D eigenvalue weighted by Gasteiger charge is 2.49. The molecule has 0 aromatic heterocycles. The number of hydrogen-bond acceptors (Lipinski definition) is 3. The number of carbonyl (C=O) groups excluding carboxylic acids is 1. The van der Waals surface area contributed by atoms with Gasteiger partial charge in [0.2, 0.25) is 0 Å². The molecule has 1 atom stereocenters. The van der Waals surface area contributed by atoms with Crippen LogP contribution >= 0.6 is 0 Å². The summed E-state index contributed by atoms with van der Waals surface area (Å²) in [6.07, 6.45) is 2.47. The number of hydrogen-bond donors (Lipinski definition) is 2. The van der Waals surface area contributed by atoms with Crippen LogP contribution in [0, 0.1) is 6.92 Å². The summed E-state index contributed by atoms with van der Waals surface area (Å²) >= 11 is 0. The molecule has 1 aliphatic rings. The Bertz CT molecular complexity index is 571. The first kappa shape index (κ1) is 15.4. The van der Waals surface area contributed by atoms with E-state index in [-0.39, 0.29) is 5.91 Å². The minimum atomic E-state index is -1.05. The minimum Gasteiger partial charge on any atom is -0.479 e. The molecule has 5 nitrogen and oxygen atoms in total. The lowest BCUT2D eigenvalue weighted by Gasteiger charge is -2.34. The van der Waals surface area contributed by atoms with Crippen molar-refractivity contribution in [2.45, 2.75) is 45.1 Å². The van der Waals surface area contributed by atoms with Crippen LogP contribution < -0.4 is 5.73 Å². The van der Waals surface area contributed by atoms with Crippen molar-refractivity contribution in [3.8, 4) is 0 Å². The van der Waals surface area contributed by atoms with Crippen LogP contribution in [0.4, 0.5) is 5.69 Å². The largest absolute Gasteiger partial charge is 0.479 e. The number of nitrogen functional groups attached to an aromatic ring is 1. The van der Waals surface area contributed by atoms with Crippen molar-refractivity contribution in [1.29, 1.82) is 0 Å². The molecule has 1 aliphatic heterocycles. The van der Waals surface area contributed by atoms with Crippen LogP contribution in [0.3, 0.4) is 0 Å². The predicted octanol–water partition coefficient (Wildman–Crippen LogP) is 2.44. The summed E-state index contributed by atoms with van der Waals surface area (Å²) in [7, 11) is 0.